The smallest absolute Gasteiger partial charge is 0.109 e. The third kappa shape index (κ3) is 4.05. The van der Waals surface area contributed by atoms with Crippen molar-refractivity contribution >= 4 is 11.3 Å². The Kier molecular flexibility index (Phi) is 5.42. The van der Waals surface area contributed by atoms with E-state index in [0.29, 0.717) is 6.04 Å². The Hall–Kier alpha value is -0.450. The van der Waals surface area contributed by atoms with Crippen molar-refractivity contribution in [3.05, 3.63) is 16.6 Å². The van der Waals surface area contributed by atoms with Gasteiger partial charge in [0.25, 0.3) is 0 Å². The Bertz CT molecular complexity index is 294. The molecule has 96 valence electrons. The predicted molar refractivity (Wildman–Crippen MR) is 73.4 cm³/mol. The molecular formula is C13H23N3S. The third-order valence-corrected chi connectivity index (χ3v) is 4.39. The molecule has 1 aliphatic heterocycles. The maximum Gasteiger partial charge on any atom is 0.109 e. The van der Waals surface area contributed by atoms with E-state index in [0.717, 1.165) is 18.9 Å². The lowest BCUT2D eigenvalue weighted by atomic mass is 10.0. The van der Waals surface area contributed by atoms with Crippen LogP contribution in [0.2, 0.25) is 0 Å². The van der Waals surface area contributed by atoms with Gasteiger partial charge < -0.3 is 10.6 Å². The number of nitrogens with one attached hydrogen (secondary N) is 2. The molecule has 2 rings (SSSR count). The van der Waals surface area contributed by atoms with Crippen LogP contribution in [0.1, 0.15) is 43.7 Å². The molecule has 0 bridgehead atoms. The van der Waals surface area contributed by atoms with E-state index in [1.165, 1.54) is 37.4 Å². The highest BCUT2D eigenvalue weighted by Crippen LogP contribution is 2.19. The van der Waals surface area contributed by atoms with Gasteiger partial charge in [0.15, 0.2) is 0 Å². The molecule has 0 radical (unpaired) electrons. The van der Waals surface area contributed by atoms with E-state index >= 15 is 0 Å². The number of thiazole rings is 1. The molecule has 0 aliphatic carbocycles. The lowest BCUT2D eigenvalue weighted by Crippen LogP contribution is -2.22. The van der Waals surface area contributed by atoms with Crippen LogP contribution in [0, 0.1) is 5.92 Å². The molecule has 1 aliphatic rings. The van der Waals surface area contributed by atoms with Crippen molar-refractivity contribution in [3.8, 4) is 0 Å². The first kappa shape index (κ1) is 13.0. The Morgan fingerprint density at radius 2 is 2.59 bits per heavy atom. The Balaban J connectivity index is 1.63. The Labute approximate surface area is 108 Å². The van der Waals surface area contributed by atoms with Gasteiger partial charge in [-0.15, -0.1) is 11.3 Å². The van der Waals surface area contributed by atoms with Crippen LogP contribution in [0.15, 0.2) is 11.6 Å². The summed E-state index contributed by atoms with van der Waals surface area (Å²) in [5.41, 5.74) is 0. The van der Waals surface area contributed by atoms with Crippen molar-refractivity contribution in [1.29, 1.82) is 0 Å². The topological polar surface area (TPSA) is 37.0 Å². The summed E-state index contributed by atoms with van der Waals surface area (Å²) >= 11 is 1.76. The van der Waals surface area contributed by atoms with Crippen LogP contribution < -0.4 is 10.6 Å². The molecule has 2 unspecified atom stereocenters. The van der Waals surface area contributed by atoms with Crippen LogP contribution in [0.4, 0.5) is 0 Å². The molecule has 1 saturated heterocycles. The highest BCUT2D eigenvalue weighted by Gasteiger charge is 2.14. The summed E-state index contributed by atoms with van der Waals surface area (Å²) < 4.78 is 0. The first-order valence-electron chi connectivity index (χ1n) is 6.73. The van der Waals surface area contributed by atoms with E-state index in [2.05, 4.69) is 27.9 Å². The average molecular weight is 253 g/mol. The SMILES string of the molecule is CCC(NCCCC1CCNC1)c1nccs1. The van der Waals surface area contributed by atoms with Crippen LogP contribution in [0.3, 0.4) is 0 Å². The van der Waals surface area contributed by atoms with E-state index in [1.807, 2.05) is 6.20 Å². The molecule has 1 fully saturated rings. The average Bonchev–Trinajstić information content (AvgIpc) is 3.01. The lowest BCUT2D eigenvalue weighted by molar-refractivity contribution is 0.456. The first-order valence-corrected chi connectivity index (χ1v) is 7.61. The maximum atomic E-state index is 4.39. The van der Waals surface area contributed by atoms with Gasteiger partial charge in [-0.2, -0.15) is 0 Å². The van der Waals surface area contributed by atoms with E-state index in [1.54, 1.807) is 11.3 Å². The highest BCUT2D eigenvalue weighted by molar-refractivity contribution is 7.09. The van der Waals surface area contributed by atoms with E-state index in [-0.39, 0.29) is 0 Å². The van der Waals surface area contributed by atoms with Gasteiger partial charge in [-0.25, -0.2) is 4.98 Å². The van der Waals surface area contributed by atoms with Gasteiger partial charge >= 0.3 is 0 Å². The van der Waals surface area contributed by atoms with Crippen molar-refractivity contribution in [3.63, 3.8) is 0 Å². The maximum absolute atomic E-state index is 4.39. The number of rotatable bonds is 7. The van der Waals surface area contributed by atoms with Crippen molar-refractivity contribution in [2.75, 3.05) is 19.6 Å². The zero-order chi connectivity index (χ0) is 11.9. The second kappa shape index (κ2) is 7.09. The van der Waals surface area contributed by atoms with Crippen molar-refractivity contribution < 1.29 is 0 Å². The van der Waals surface area contributed by atoms with Crippen molar-refractivity contribution in [2.45, 2.75) is 38.6 Å². The summed E-state index contributed by atoms with van der Waals surface area (Å²) in [5.74, 6) is 0.914. The van der Waals surface area contributed by atoms with Gasteiger partial charge in [0.1, 0.15) is 5.01 Å². The Morgan fingerprint density at radius 1 is 1.65 bits per heavy atom. The van der Waals surface area contributed by atoms with Crippen molar-refractivity contribution in [2.24, 2.45) is 5.92 Å². The predicted octanol–water partition coefficient (Wildman–Crippen LogP) is 2.57. The molecule has 2 atom stereocenters. The number of aromatic nitrogens is 1. The van der Waals surface area contributed by atoms with E-state index in [4.69, 9.17) is 0 Å². The monoisotopic (exact) mass is 253 g/mol. The van der Waals surface area contributed by atoms with Gasteiger partial charge in [0, 0.05) is 11.6 Å². The molecule has 4 heteroatoms. The summed E-state index contributed by atoms with van der Waals surface area (Å²) in [4.78, 5) is 4.39. The zero-order valence-corrected chi connectivity index (χ0v) is 11.4. The molecule has 17 heavy (non-hydrogen) atoms. The van der Waals surface area contributed by atoms with Crippen LogP contribution in [-0.2, 0) is 0 Å². The largest absolute Gasteiger partial charge is 0.316 e. The fourth-order valence-electron chi connectivity index (χ4n) is 2.44. The zero-order valence-electron chi connectivity index (χ0n) is 10.6. The van der Waals surface area contributed by atoms with Gasteiger partial charge in [-0.3, -0.25) is 0 Å². The molecule has 0 saturated carbocycles. The lowest BCUT2D eigenvalue weighted by Gasteiger charge is -2.15. The highest BCUT2D eigenvalue weighted by atomic mass is 32.1. The molecule has 0 amide bonds. The molecule has 1 aromatic heterocycles. The standard InChI is InChI=1S/C13H23N3S/c1-2-12(13-16-8-9-17-13)15-6-3-4-11-5-7-14-10-11/h8-9,11-12,14-15H,2-7,10H2,1H3. The normalized spacial score (nSPS) is 21.8. The first-order chi connectivity index (χ1) is 8.40. The van der Waals surface area contributed by atoms with Gasteiger partial charge in [0.2, 0.25) is 0 Å². The quantitative estimate of drug-likeness (QED) is 0.733. The summed E-state index contributed by atoms with van der Waals surface area (Å²) in [6.45, 7) is 5.78. The summed E-state index contributed by atoms with van der Waals surface area (Å²) in [6.07, 6.45) is 7.03. The minimum Gasteiger partial charge on any atom is -0.316 e. The molecule has 2 heterocycles. The summed E-state index contributed by atoms with van der Waals surface area (Å²) in [7, 11) is 0. The fraction of sp³-hybridized carbons (Fsp3) is 0.769. The molecule has 1 aromatic rings. The second-order valence-electron chi connectivity index (χ2n) is 4.79. The van der Waals surface area contributed by atoms with Gasteiger partial charge in [-0.05, 0) is 51.2 Å². The van der Waals surface area contributed by atoms with Crippen LogP contribution >= 0.6 is 11.3 Å². The van der Waals surface area contributed by atoms with E-state index < -0.39 is 0 Å². The molecule has 2 N–H and O–H groups in total. The molecule has 0 aromatic carbocycles. The van der Waals surface area contributed by atoms with E-state index in [9.17, 15) is 0 Å². The molecule has 0 spiro atoms. The summed E-state index contributed by atoms with van der Waals surface area (Å²) in [6, 6.07) is 0.455. The number of hydrogen-bond acceptors (Lipinski definition) is 4. The fourth-order valence-corrected chi connectivity index (χ4v) is 3.24. The molecular weight excluding hydrogens is 230 g/mol. The minimum atomic E-state index is 0.455. The van der Waals surface area contributed by atoms with Gasteiger partial charge in [-0.1, -0.05) is 6.92 Å². The van der Waals surface area contributed by atoms with Crippen molar-refractivity contribution in [1.82, 2.24) is 15.6 Å². The number of nitrogens with zero attached hydrogens (tertiary/aromatic N) is 1. The second-order valence-corrected chi connectivity index (χ2v) is 5.71. The van der Waals surface area contributed by atoms with Gasteiger partial charge in [0.05, 0.1) is 6.04 Å². The number of hydrogen-bond donors (Lipinski definition) is 2. The van der Waals surface area contributed by atoms with Crippen LogP contribution in [-0.4, -0.2) is 24.6 Å². The van der Waals surface area contributed by atoms with Crippen LogP contribution in [0.5, 0.6) is 0 Å². The molecule has 3 nitrogen and oxygen atoms in total. The van der Waals surface area contributed by atoms with Crippen LogP contribution in [0.25, 0.3) is 0 Å². The third-order valence-electron chi connectivity index (χ3n) is 3.50. The Morgan fingerprint density at radius 3 is 3.24 bits per heavy atom. The minimum absolute atomic E-state index is 0.455. The summed E-state index contributed by atoms with van der Waals surface area (Å²) in [5, 5.41) is 10.3.